The molecule has 1 aliphatic heterocycles. The number of piperidine rings is 1. The number of pyridine rings is 1. The Bertz CT molecular complexity index is 949. The summed E-state index contributed by atoms with van der Waals surface area (Å²) in [5, 5.41) is 14.2. The molecule has 1 fully saturated rings. The van der Waals surface area contributed by atoms with E-state index >= 15 is 0 Å². The number of nitrogens with zero attached hydrogens (tertiary/aromatic N) is 4. The molecule has 0 bridgehead atoms. The van der Waals surface area contributed by atoms with Crippen LogP contribution in [0.3, 0.4) is 0 Å². The molecule has 4 rings (SSSR count). The van der Waals surface area contributed by atoms with E-state index in [0.29, 0.717) is 24.7 Å². The number of nitrogens with one attached hydrogen (secondary N) is 2. The van der Waals surface area contributed by atoms with Gasteiger partial charge in [-0.15, -0.1) is 0 Å². The zero-order valence-electron chi connectivity index (χ0n) is 17.0. The smallest absolute Gasteiger partial charge is 0.251 e. The van der Waals surface area contributed by atoms with E-state index in [0.717, 1.165) is 48.6 Å². The Balaban J connectivity index is 1.24. The zero-order chi connectivity index (χ0) is 20.8. The van der Waals surface area contributed by atoms with Gasteiger partial charge in [0.2, 0.25) is 0 Å². The van der Waals surface area contributed by atoms with Crippen LogP contribution in [0.4, 0.5) is 5.69 Å². The maximum Gasteiger partial charge on any atom is 0.251 e. The number of aromatic nitrogens is 3. The molecule has 1 aromatic carbocycles. The maximum atomic E-state index is 12.4. The summed E-state index contributed by atoms with van der Waals surface area (Å²) >= 11 is 0. The van der Waals surface area contributed by atoms with Crippen LogP contribution in [0, 0.1) is 6.92 Å². The van der Waals surface area contributed by atoms with Crippen molar-refractivity contribution in [3.05, 3.63) is 71.3 Å². The van der Waals surface area contributed by atoms with E-state index < -0.39 is 0 Å². The second-order valence-electron chi connectivity index (χ2n) is 7.53. The van der Waals surface area contributed by atoms with E-state index in [1.54, 1.807) is 12.4 Å². The zero-order valence-corrected chi connectivity index (χ0v) is 17.0. The van der Waals surface area contributed by atoms with E-state index in [1.807, 2.05) is 43.3 Å². The minimum absolute atomic E-state index is 0.0778. The number of rotatable bonds is 7. The molecule has 3 aromatic rings. The summed E-state index contributed by atoms with van der Waals surface area (Å²) in [6.45, 7) is 5.00. The van der Waals surface area contributed by atoms with Crippen LogP contribution in [-0.2, 0) is 13.1 Å². The molecule has 0 aliphatic carbocycles. The molecule has 0 atom stereocenters. The van der Waals surface area contributed by atoms with Crippen molar-refractivity contribution in [1.82, 2.24) is 25.9 Å². The average Bonchev–Trinajstić information content (AvgIpc) is 3.22. The predicted octanol–water partition coefficient (Wildman–Crippen LogP) is 2.46. The summed E-state index contributed by atoms with van der Waals surface area (Å²) in [5.74, 6) is -0.0778. The molecule has 30 heavy (non-hydrogen) atoms. The quantitative estimate of drug-likeness (QED) is 0.622. The van der Waals surface area contributed by atoms with Crippen LogP contribution in [-0.4, -0.2) is 40.3 Å². The van der Waals surface area contributed by atoms with E-state index in [2.05, 4.69) is 30.8 Å². The van der Waals surface area contributed by atoms with Crippen LogP contribution in [0.2, 0.25) is 0 Å². The van der Waals surface area contributed by atoms with E-state index in [9.17, 15) is 4.79 Å². The van der Waals surface area contributed by atoms with E-state index in [-0.39, 0.29) is 5.91 Å². The molecule has 8 nitrogen and oxygen atoms in total. The van der Waals surface area contributed by atoms with Gasteiger partial charge in [-0.05, 0) is 55.7 Å². The highest BCUT2D eigenvalue weighted by Crippen LogP contribution is 2.21. The molecular weight excluding hydrogens is 380 g/mol. The van der Waals surface area contributed by atoms with E-state index in [4.69, 9.17) is 4.63 Å². The normalized spacial score (nSPS) is 14.6. The highest BCUT2D eigenvalue weighted by atomic mass is 16.6. The summed E-state index contributed by atoms with van der Waals surface area (Å²) in [5.41, 5.74) is 4.50. The van der Waals surface area contributed by atoms with Gasteiger partial charge in [0.15, 0.2) is 0 Å². The first kappa shape index (κ1) is 20.0. The number of hydrogen-bond donors (Lipinski definition) is 2. The van der Waals surface area contributed by atoms with Gasteiger partial charge in [-0.2, -0.15) is 0 Å². The van der Waals surface area contributed by atoms with Gasteiger partial charge in [-0.1, -0.05) is 16.4 Å². The lowest BCUT2D eigenvalue weighted by molar-refractivity contribution is 0.0951. The topological polar surface area (TPSA) is 96.2 Å². The lowest BCUT2D eigenvalue weighted by Gasteiger charge is -2.34. The molecule has 0 unspecified atom stereocenters. The van der Waals surface area contributed by atoms with Crippen molar-refractivity contribution in [1.29, 1.82) is 0 Å². The number of hydrogen-bond acceptors (Lipinski definition) is 7. The lowest BCUT2D eigenvalue weighted by Crippen LogP contribution is -2.42. The van der Waals surface area contributed by atoms with E-state index in [1.165, 1.54) is 0 Å². The maximum absolute atomic E-state index is 12.4. The van der Waals surface area contributed by atoms with Gasteiger partial charge in [-0.3, -0.25) is 9.78 Å². The first-order valence-corrected chi connectivity index (χ1v) is 10.2. The van der Waals surface area contributed by atoms with Crippen molar-refractivity contribution in [2.75, 3.05) is 18.0 Å². The highest BCUT2D eigenvalue weighted by Gasteiger charge is 2.20. The number of anilines is 1. The molecule has 1 amide bonds. The lowest BCUT2D eigenvalue weighted by atomic mass is 10.0. The van der Waals surface area contributed by atoms with Gasteiger partial charge in [0, 0.05) is 55.9 Å². The standard InChI is InChI=1S/C22H26N6O2/c1-16-21(27-30-26-16)15-24-19-8-11-28(12-9-19)20-6-4-18(5-7-20)22(29)25-14-17-3-2-10-23-13-17/h2-7,10,13,19,24H,8-9,11-12,14-15H2,1H3,(H,25,29). The molecule has 0 radical (unpaired) electrons. The molecule has 156 valence electrons. The Hall–Kier alpha value is -3.26. The van der Waals surface area contributed by atoms with Gasteiger partial charge in [-0.25, -0.2) is 4.63 Å². The van der Waals surface area contributed by atoms with Crippen LogP contribution in [0.1, 0.15) is 40.2 Å². The molecule has 1 saturated heterocycles. The van der Waals surface area contributed by atoms with Crippen molar-refractivity contribution in [3.63, 3.8) is 0 Å². The number of carbonyl (C=O) groups is 1. The summed E-state index contributed by atoms with van der Waals surface area (Å²) in [6.07, 6.45) is 5.58. The molecule has 3 heterocycles. The molecule has 0 saturated carbocycles. The monoisotopic (exact) mass is 406 g/mol. The summed E-state index contributed by atoms with van der Waals surface area (Å²) in [7, 11) is 0. The largest absolute Gasteiger partial charge is 0.371 e. The SMILES string of the molecule is Cc1nonc1CNC1CCN(c2ccc(C(=O)NCc3cccnc3)cc2)CC1. The number of amides is 1. The number of carbonyl (C=O) groups excluding carboxylic acids is 1. The van der Waals surface area contributed by atoms with Crippen molar-refractivity contribution >= 4 is 11.6 Å². The van der Waals surface area contributed by atoms with Crippen LogP contribution in [0.5, 0.6) is 0 Å². The first-order chi connectivity index (χ1) is 14.7. The molecule has 2 aromatic heterocycles. The van der Waals surface area contributed by atoms with Crippen LogP contribution in [0.25, 0.3) is 0 Å². The number of benzene rings is 1. The third-order valence-electron chi connectivity index (χ3n) is 5.47. The Morgan fingerprint density at radius 1 is 1.13 bits per heavy atom. The molecule has 8 heteroatoms. The Labute approximate surface area is 175 Å². The average molecular weight is 406 g/mol. The molecule has 2 N–H and O–H groups in total. The molecular formula is C22H26N6O2. The van der Waals surface area contributed by atoms with Crippen LogP contribution < -0.4 is 15.5 Å². The minimum Gasteiger partial charge on any atom is -0.371 e. The van der Waals surface area contributed by atoms with Gasteiger partial charge in [0.1, 0.15) is 11.4 Å². The summed E-state index contributed by atoms with van der Waals surface area (Å²) in [4.78, 5) is 18.8. The summed E-state index contributed by atoms with van der Waals surface area (Å²) in [6, 6.07) is 12.1. The molecule has 1 aliphatic rings. The Morgan fingerprint density at radius 2 is 1.93 bits per heavy atom. The third-order valence-corrected chi connectivity index (χ3v) is 5.47. The first-order valence-electron chi connectivity index (χ1n) is 10.2. The molecule has 0 spiro atoms. The van der Waals surface area contributed by atoms with Crippen molar-refractivity contribution in [2.45, 2.75) is 38.9 Å². The third kappa shape index (κ3) is 5.01. The van der Waals surface area contributed by atoms with Crippen LogP contribution in [0.15, 0.2) is 53.4 Å². The minimum atomic E-state index is -0.0778. The van der Waals surface area contributed by atoms with Crippen molar-refractivity contribution < 1.29 is 9.42 Å². The van der Waals surface area contributed by atoms with Crippen molar-refractivity contribution in [3.8, 4) is 0 Å². The van der Waals surface area contributed by atoms with Gasteiger partial charge >= 0.3 is 0 Å². The predicted molar refractivity (Wildman–Crippen MR) is 113 cm³/mol. The van der Waals surface area contributed by atoms with Gasteiger partial charge in [0.25, 0.3) is 5.91 Å². The Morgan fingerprint density at radius 3 is 2.60 bits per heavy atom. The Kier molecular flexibility index (Phi) is 6.34. The van der Waals surface area contributed by atoms with Crippen LogP contribution >= 0.6 is 0 Å². The second kappa shape index (κ2) is 9.49. The highest BCUT2D eigenvalue weighted by molar-refractivity contribution is 5.94. The fraction of sp³-hybridized carbons (Fsp3) is 0.364. The number of aryl methyl sites for hydroxylation is 1. The fourth-order valence-electron chi connectivity index (χ4n) is 3.60. The summed E-state index contributed by atoms with van der Waals surface area (Å²) < 4.78 is 4.74. The van der Waals surface area contributed by atoms with Crippen molar-refractivity contribution in [2.24, 2.45) is 0 Å². The second-order valence-corrected chi connectivity index (χ2v) is 7.53. The fourth-order valence-corrected chi connectivity index (χ4v) is 3.60. The van der Waals surface area contributed by atoms with Gasteiger partial charge < -0.3 is 15.5 Å². The van der Waals surface area contributed by atoms with Gasteiger partial charge in [0.05, 0.1) is 0 Å².